The van der Waals surface area contributed by atoms with Gasteiger partial charge in [-0.15, -0.1) is 0 Å². The van der Waals surface area contributed by atoms with Crippen LogP contribution >= 0.6 is 0 Å². The third-order valence-electron chi connectivity index (χ3n) is 3.14. The molecule has 1 aromatic heterocycles. The molecule has 0 spiro atoms. The van der Waals surface area contributed by atoms with Crippen LogP contribution in [0.1, 0.15) is 5.56 Å². The Morgan fingerprint density at radius 2 is 1.55 bits per heavy atom. The molecule has 0 saturated carbocycles. The average Bonchev–Trinajstić information content (AvgIpc) is 2.53. The largest absolute Gasteiger partial charge is 0.489 e. The molecule has 22 heavy (non-hydrogen) atoms. The van der Waals surface area contributed by atoms with E-state index >= 15 is 0 Å². The Hall–Kier alpha value is -2.75. The van der Waals surface area contributed by atoms with E-state index in [1.807, 2.05) is 36.4 Å². The van der Waals surface area contributed by atoms with Gasteiger partial charge in [0, 0.05) is 29.6 Å². The van der Waals surface area contributed by atoms with Gasteiger partial charge in [0.25, 0.3) is 0 Å². The van der Waals surface area contributed by atoms with Crippen LogP contribution in [0.3, 0.4) is 0 Å². The summed E-state index contributed by atoms with van der Waals surface area (Å²) in [6.45, 7) is 0.336. The number of halogens is 2. The van der Waals surface area contributed by atoms with Gasteiger partial charge < -0.3 is 4.74 Å². The highest BCUT2D eigenvalue weighted by molar-refractivity contribution is 5.63. The molecule has 0 N–H and O–H groups in total. The van der Waals surface area contributed by atoms with Gasteiger partial charge in [0.2, 0.25) is 0 Å². The first-order valence-corrected chi connectivity index (χ1v) is 6.79. The molecular weight excluding hydrogens is 284 g/mol. The summed E-state index contributed by atoms with van der Waals surface area (Å²) >= 11 is 0. The minimum absolute atomic E-state index is 0.336. The van der Waals surface area contributed by atoms with Gasteiger partial charge in [-0.25, -0.2) is 8.78 Å². The highest BCUT2D eigenvalue weighted by Gasteiger charge is 2.05. The monoisotopic (exact) mass is 297 g/mol. The molecule has 3 aromatic rings. The first-order valence-electron chi connectivity index (χ1n) is 6.79. The molecular formula is C18H13F2NO. The normalized spacial score (nSPS) is 10.5. The van der Waals surface area contributed by atoms with Gasteiger partial charge >= 0.3 is 0 Å². The first kappa shape index (κ1) is 14.2. The summed E-state index contributed by atoms with van der Waals surface area (Å²) in [4.78, 5) is 4.11. The van der Waals surface area contributed by atoms with Crippen LogP contribution in [0.4, 0.5) is 8.78 Å². The molecule has 0 unspecified atom stereocenters. The Bertz CT molecular complexity index is 755. The average molecular weight is 297 g/mol. The van der Waals surface area contributed by atoms with Crippen molar-refractivity contribution in [3.63, 3.8) is 0 Å². The molecule has 1 heterocycles. The van der Waals surface area contributed by atoms with Gasteiger partial charge in [0.1, 0.15) is 24.0 Å². The number of benzene rings is 2. The van der Waals surface area contributed by atoms with E-state index in [4.69, 9.17) is 4.74 Å². The van der Waals surface area contributed by atoms with E-state index in [2.05, 4.69) is 4.98 Å². The van der Waals surface area contributed by atoms with E-state index in [0.29, 0.717) is 17.7 Å². The van der Waals surface area contributed by atoms with Gasteiger partial charge in [-0.2, -0.15) is 0 Å². The fourth-order valence-corrected chi connectivity index (χ4v) is 2.13. The van der Waals surface area contributed by atoms with Gasteiger partial charge in [-0.3, -0.25) is 4.98 Å². The second-order valence-corrected chi connectivity index (χ2v) is 4.84. The first-order chi connectivity index (χ1) is 10.7. The molecule has 2 nitrogen and oxygen atoms in total. The second kappa shape index (κ2) is 6.35. The summed E-state index contributed by atoms with van der Waals surface area (Å²) in [5, 5.41) is 0. The smallest absolute Gasteiger partial charge is 0.126 e. The van der Waals surface area contributed by atoms with Crippen molar-refractivity contribution in [1.29, 1.82) is 0 Å². The van der Waals surface area contributed by atoms with E-state index in [9.17, 15) is 8.78 Å². The van der Waals surface area contributed by atoms with Crippen molar-refractivity contribution >= 4 is 0 Å². The minimum Gasteiger partial charge on any atom is -0.489 e. The molecule has 2 aromatic carbocycles. The molecule has 0 amide bonds. The Kier molecular flexibility index (Phi) is 4.10. The predicted molar refractivity (Wildman–Crippen MR) is 80.4 cm³/mol. The lowest BCUT2D eigenvalue weighted by molar-refractivity contribution is 0.306. The van der Waals surface area contributed by atoms with Crippen LogP contribution < -0.4 is 4.74 Å². The molecule has 0 aliphatic rings. The lowest BCUT2D eigenvalue weighted by Gasteiger charge is -2.08. The Morgan fingerprint density at radius 1 is 0.818 bits per heavy atom. The molecule has 0 atom stereocenters. The van der Waals surface area contributed by atoms with Crippen molar-refractivity contribution in [2.45, 2.75) is 6.61 Å². The zero-order valence-electron chi connectivity index (χ0n) is 11.7. The lowest BCUT2D eigenvalue weighted by Crippen LogP contribution is -1.96. The highest BCUT2D eigenvalue weighted by Crippen LogP contribution is 2.22. The van der Waals surface area contributed by atoms with Crippen molar-refractivity contribution in [3.8, 4) is 16.9 Å². The predicted octanol–water partition coefficient (Wildman–Crippen LogP) is 4.61. The van der Waals surface area contributed by atoms with Crippen molar-refractivity contribution in [2.24, 2.45) is 0 Å². The number of aromatic nitrogens is 1. The van der Waals surface area contributed by atoms with Crippen molar-refractivity contribution in [2.75, 3.05) is 0 Å². The van der Waals surface area contributed by atoms with E-state index in [1.165, 1.54) is 12.1 Å². The maximum Gasteiger partial charge on any atom is 0.126 e. The molecule has 0 aliphatic heterocycles. The minimum atomic E-state index is -0.610. The maximum absolute atomic E-state index is 13.3. The Balaban J connectivity index is 1.80. The summed E-state index contributed by atoms with van der Waals surface area (Å²) in [7, 11) is 0. The van der Waals surface area contributed by atoms with Crippen LogP contribution in [0.2, 0.25) is 0 Å². The van der Waals surface area contributed by atoms with Crippen LogP contribution in [-0.4, -0.2) is 4.98 Å². The van der Waals surface area contributed by atoms with Crippen molar-refractivity contribution in [1.82, 2.24) is 4.98 Å². The van der Waals surface area contributed by atoms with Gasteiger partial charge in [0.05, 0.1) is 0 Å². The Morgan fingerprint density at radius 3 is 2.27 bits per heavy atom. The van der Waals surface area contributed by atoms with Crippen LogP contribution in [0.25, 0.3) is 11.1 Å². The third kappa shape index (κ3) is 3.47. The van der Waals surface area contributed by atoms with Crippen LogP contribution in [0, 0.1) is 11.6 Å². The number of para-hydroxylation sites is 1. The lowest BCUT2D eigenvalue weighted by atomic mass is 10.1. The van der Waals surface area contributed by atoms with E-state index in [1.54, 1.807) is 12.4 Å². The number of pyridine rings is 1. The molecule has 3 rings (SSSR count). The molecule has 0 fully saturated rings. The highest BCUT2D eigenvalue weighted by atomic mass is 19.1. The summed E-state index contributed by atoms with van der Waals surface area (Å²) in [5.41, 5.74) is 1.92. The summed E-state index contributed by atoms with van der Waals surface area (Å²) in [6, 6.07) is 14.6. The quantitative estimate of drug-likeness (QED) is 0.702. The molecule has 4 heteroatoms. The van der Waals surface area contributed by atoms with E-state index in [0.717, 1.165) is 17.4 Å². The fraction of sp³-hybridized carbons (Fsp3) is 0.0556. The number of hydrogen-bond acceptors (Lipinski definition) is 2. The number of nitrogens with zero attached hydrogens (tertiary/aromatic N) is 1. The molecule has 0 aliphatic carbocycles. The Labute approximate surface area is 127 Å². The zero-order chi connectivity index (χ0) is 15.4. The summed E-state index contributed by atoms with van der Waals surface area (Å²) in [6.07, 6.45) is 3.24. The van der Waals surface area contributed by atoms with Crippen LogP contribution in [0.15, 0.2) is 67.0 Å². The summed E-state index contributed by atoms with van der Waals surface area (Å²) in [5.74, 6) is -0.466. The molecule has 110 valence electrons. The number of rotatable bonds is 4. The SMILES string of the molecule is Fc1cc(F)cc(-c2cncc(COc3ccccc3)c2)c1. The number of hydrogen-bond donors (Lipinski definition) is 0. The molecule has 0 bridgehead atoms. The molecule has 0 radical (unpaired) electrons. The zero-order valence-corrected chi connectivity index (χ0v) is 11.7. The van der Waals surface area contributed by atoms with Gasteiger partial charge in [0.15, 0.2) is 0 Å². The second-order valence-electron chi connectivity index (χ2n) is 4.84. The van der Waals surface area contributed by atoms with E-state index in [-0.39, 0.29) is 0 Å². The maximum atomic E-state index is 13.3. The van der Waals surface area contributed by atoms with E-state index < -0.39 is 11.6 Å². The van der Waals surface area contributed by atoms with Gasteiger partial charge in [-0.05, 0) is 35.9 Å². The van der Waals surface area contributed by atoms with Crippen LogP contribution in [-0.2, 0) is 6.61 Å². The van der Waals surface area contributed by atoms with Crippen LogP contribution in [0.5, 0.6) is 5.75 Å². The van der Waals surface area contributed by atoms with Crippen molar-refractivity contribution in [3.05, 3.63) is 84.2 Å². The number of ether oxygens (including phenoxy) is 1. The fourth-order valence-electron chi connectivity index (χ4n) is 2.13. The molecule has 0 saturated heterocycles. The summed E-state index contributed by atoms with van der Waals surface area (Å²) < 4.78 is 32.2. The van der Waals surface area contributed by atoms with Gasteiger partial charge in [-0.1, -0.05) is 18.2 Å². The van der Waals surface area contributed by atoms with Crippen molar-refractivity contribution < 1.29 is 13.5 Å². The third-order valence-corrected chi connectivity index (χ3v) is 3.14. The topological polar surface area (TPSA) is 22.1 Å². The standard InChI is InChI=1S/C18H13F2NO/c19-16-7-14(8-17(20)9-16)15-6-13(10-21-11-15)12-22-18-4-2-1-3-5-18/h1-11H,12H2.